The number of esters is 1. The number of hydrogen-bond acceptors (Lipinski definition) is 5. The molecule has 0 spiro atoms. The van der Waals surface area contributed by atoms with Crippen molar-refractivity contribution in [3.8, 4) is 5.75 Å². The second-order valence-corrected chi connectivity index (χ2v) is 6.50. The molecule has 0 radical (unpaired) electrons. The normalized spacial score (nSPS) is 13.3. The molecule has 1 aliphatic carbocycles. The highest BCUT2D eigenvalue weighted by atomic mass is 16.5. The summed E-state index contributed by atoms with van der Waals surface area (Å²) in [4.78, 5) is 26.5. The first-order valence-electron chi connectivity index (χ1n) is 8.64. The molecule has 1 fully saturated rings. The van der Waals surface area contributed by atoms with Gasteiger partial charge in [0, 0.05) is 12.6 Å². The van der Waals surface area contributed by atoms with Gasteiger partial charge in [-0.05, 0) is 50.5 Å². The molecule has 1 aliphatic rings. The topological polar surface area (TPSA) is 69.0 Å². The first kappa shape index (κ1) is 18.0. The van der Waals surface area contributed by atoms with Crippen molar-refractivity contribution in [1.82, 2.24) is 4.90 Å². The van der Waals surface area contributed by atoms with E-state index < -0.39 is 5.97 Å². The molecule has 2 aromatic rings. The zero-order valence-electron chi connectivity index (χ0n) is 15.3. The lowest BCUT2D eigenvalue weighted by molar-refractivity contribution is -0.135. The quantitative estimate of drug-likeness (QED) is 0.712. The molecule has 6 nitrogen and oxygen atoms in total. The van der Waals surface area contributed by atoms with E-state index in [0.29, 0.717) is 23.6 Å². The zero-order valence-corrected chi connectivity index (χ0v) is 15.3. The van der Waals surface area contributed by atoms with E-state index in [1.54, 1.807) is 31.9 Å². The van der Waals surface area contributed by atoms with Crippen LogP contribution in [0.2, 0.25) is 0 Å². The predicted octanol–water partition coefficient (Wildman–Crippen LogP) is 3.25. The number of ether oxygens (including phenoxy) is 2. The van der Waals surface area contributed by atoms with Gasteiger partial charge in [-0.2, -0.15) is 0 Å². The van der Waals surface area contributed by atoms with Crippen LogP contribution in [0.3, 0.4) is 0 Å². The number of aryl methyl sites for hydroxylation is 2. The van der Waals surface area contributed by atoms with Gasteiger partial charge in [0.05, 0.1) is 7.11 Å². The number of carbonyl (C=O) groups is 2. The number of furan rings is 1. The second kappa shape index (κ2) is 7.64. The van der Waals surface area contributed by atoms with Crippen molar-refractivity contribution in [2.45, 2.75) is 39.3 Å². The number of methoxy groups -OCH3 is 1. The Hall–Kier alpha value is -2.76. The summed E-state index contributed by atoms with van der Waals surface area (Å²) in [5.74, 6) is 1.19. The number of rotatable bonds is 7. The fraction of sp³-hybridized carbons (Fsp3) is 0.400. The molecule has 1 saturated carbocycles. The maximum absolute atomic E-state index is 12.6. The monoisotopic (exact) mass is 357 g/mol. The second-order valence-electron chi connectivity index (χ2n) is 6.50. The molecule has 0 unspecified atom stereocenters. The van der Waals surface area contributed by atoms with E-state index in [4.69, 9.17) is 13.9 Å². The first-order chi connectivity index (χ1) is 12.5. The lowest BCUT2D eigenvalue weighted by atomic mass is 10.2. The van der Waals surface area contributed by atoms with E-state index in [1.807, 2.05) is 24.3 Å². The van der Waals surface area contributed by atoms with Crippen molar-refractivity contribution in [2.24, 2.45) is 0 Å². The molecule has 0 atom stereocenters. The van der Waals surface area contributed by atoms with E-state index in [9.17, 15) is 9.59 Å². The number of amides is 1. The summed E-state index contributed by atoms with van der Waals surface area (Å²) in [7, 11) is 1.62. The molecule has 138 valence electrons. The van der Waals surface area contributed by atoms with Crippen LogP contribution >= 0.6 is 0 Å². The van der Waals surface area contributed by atoms with Crippen LogP contribution in [0.5, 0.6) is 5.75 Å². The van der Waals surface area contributed by atoms with E-state index in [-0.39, 0.29) is 18.6 Å². The molecule has 1 amide bonds. The van der Waals surface area contributed by atoms with E-state index in [2.05, 4.69) is 0 Å². The van der Waals surface area contributed by atoms with Gasteiger partial charge in [0.1, 0.15) is 22.8 Å². The van der Waals surface area contributed by atoms with Crippen molar-refractivity contribution in [3.05, 3.63) is 53.0 Å². The molecule has 1 aromatic carbocycles. The molecular formula is C20H23NO5. The molecule has 0 aliphatic heterocycles. The Morgan fingerprint density at radius 3 is 2.42 bits per heavy atom. The van der Waals surface area contributed by atoms with Gasteiger partial charge in [-0.1, -0.05) is 12.1 Å². The first-order valence-corrected chi connectivity index (χ1v) is 8.64. The summed E-state index contributed by atoms with van der Waals surface area (Å²) >= 11 is 0. The Kier molecular flexibility index (Phi) is 5.30. The number of carbonyl (C=O) groups excluding carboxylic acids is 2. The maximum Gasteiger partial charge on any atom is 0.342 e. The molecule has 6 heteroatoms. The van der Waals surface area contributed by atoms with Gasteiger partial charge < -0.3 is 18.8 Å². The van der Waals surface area contributed by atoms with E-state index in [0.717, 1.165) is 24.2 Å². The maximum atomic E-state index is 12.6. The predicted molar refractivity (Wildman–Crippen MR) is 95.0 cm³/mol. The average molecular weight is 357 g/mol. The Morgan fingerprint density at radius 1 is 1.19 bits per heavy atom. The van der Waals surface area contributed by atoms with Gasteiger partial charge in [0.2, 0.25) is 0 Å². The standard InChI is InChI=1S/C20H23NO5/c1-13-10-18(14(2)26-13)20(23)25-12-19(22)21(16-6-7-16)11-15-4-8-17(24-3)9-5-15/h4-5,8-10,16H,6-7,11-12H2,1-3H3. The third-order valence-corrected chi connectivity index (χ3v) is 4.41. The van der Waals surface area contributed by atoms with Gasteiger partial charge in [-0.25, -0.2) is 4.79 Å². The number of hydrogen-bond donors (Lipinski definition) is 0. The van der Waals surface area contributed by atoms with E-state index >= 15 is 0 Å². The molecule has 0 saturated heterocycles. The van der Waals surface area contributed by atoms with Crippen molar-refractivity contribution in [3.63, 3.8) is 0 Å². The minimum Gasteiger partial charge on any atom is -0.497 e. The number of nitrogens with zero attached hydrogens (tertiary/aromatic N) is 1. The molecule has 0 N–H and O–H groups in total. The summed E-state index contributed by atoms with van der Waals surface area (Å²) in [6.45, 7) is 3.69. The summed E-state index contributed by atoms with van der Waals surface area (Å²) in [5, 5.41) is 0. The van der Waals surface area contributed by atoms with Crippen LogP contribution in [-0.2, 0) is 16.1 Å². The van der Waals surface area contributed by atoms with Crippen LogP contribution < -0.4 is 4.74 Å². The minimum absolute atomic E-state index is 0.186. The third kappa shape index (κ3) is 4.25. The van der Waals surface area contributed by atoms with Gasteiger partial charge in [-0.3, -0.25) is 4.79 Å². The summed E-state index contributed by atoms with van der Waals surface area (Å²) in [6, 6.07) is 9.46. The summed E-state index contributed by atoms with van der Waals surface area (Å²) in [6.07, 6.45) is 1.96. The Morgan fingerprint density at radius 2 is 1.88 bits per heavy atom. The molecule has 0 bridgehead atoms. The Labute approximate surface area is 152 Å². The fourth-order valence-electron chi connectivity index (χ4n) is 2.86. The molecule has 1 heterocycles. The van der Waals surface area contributed by atoms with Crippen LogP contribution in [0.25, 0.3) is 0 Å². The van der Waals surface area contributed by atoms with Crippen LogP contribution in [-0.4, -0.2) is 36.5 Å². The number of benzene rings is 1. The van der Waals surface area contributed by atoms with E-state index in [1.165, 1.54) is 0 Å². The lowest BCUT2D eigenvalue weighted by Gasteiger charge is -2.22. The Balaban J connectivity index is 1.60. The highest BCUT2D eigenvalue weighted by Crippen LogP contribution is 2.29. The zero-order chi connectivity index (χ0) is 18.7. The fourth-order valence-corrected chi connectivity index (χ4v) is 2.86. The lowest BCUT2D eigenvalue weighted by Crippen LogP contribution is -2.36. The SMILES string of the molecule is COc1ccc(CN(C(=O)COC(=O)c2cc(C)oc2C)C2CC2)cc1. The highest BCUT2D eigenvalue weighted by molar-refractivity contribution is 5.92. The summed E-state index contributed by atoms with van der Waals surface area (Å²) in [5.41, 5.74) is 1.38. The van der Waals surface area contributed by atoms with Crippen LogP contribution in [0.1, 0.15) is 40.3 Å². The van der Waals surface area contributed by atoms with Gasteiger partial charge >= 0.3 is 5.97 Å². The molecule has 3 rings (SSSR count). The minimum atomic E-state index is -0.534. The van der Waals surface area contributed by atoms with Crippen LogP contribution in [0, 0.1) is 13.8 Å². The Bertz CT molecular complexity index is 789. The van der Waals surface area contributed by atoms with Gasteiger partial charge in [0.25, 0.3) is 5.91 Å². The van der Waals surface area contributed by atoms with Crippen molar-refractivity contribution in [2.75, 3.05) is 13.7 Å². The highest BCUT2D eigenvalue weighted by Gasteiger charge is 2.33. The van der Waals surface area contributed by atoms with Gasteiger partial charge in [0.15, 0.2) is 6.61 Å². The van der Waals surface area contributed by atoms with Crippen LogP contribution in [0.4, 0.5) is 0 Å². The van der Waals surface area contributed by atoms with Crippen LogP contribution in [0.15, 0.2) is 34.7 Å². The molecular weight excluding hydrogens is 334 g/mol. The largest absolute Gasteiger partial charge is 0.497 e. The van der Waals surface area contributed by atoms with Gasteiger partial charge in [-0.15, -0.1) is 0 Å². The smallest absolute Gasteiger partial charge is 0.342 e. The van der Waals surface area contributed by atoms with Crippen molar-refractivity contribution in [1.29, 1.82) is 0 Å². The third-order valence-electron chi connectivity index (χ3n) is 4.41. The molecule has 26 heavy (non-hydrogen) atoms. The average Bonchev–Trinajstić information content (AvgIpc) is 3.41. The molecule has 1 aromatic heterocycles. The van der Waals surface area contributed by atoms with Crippen molar-refractivity contribution >= 4 is 11.9 Å². The summed E-state index contributed by atoms with van der Waals surface area (Å²) < 4.78 is 15.7. The van der Waals surface area contributed by atoms with Crippen molar-refractivity contribution < 1.29 is 23.5 Å².